The Morgan fingerprint density at radius 2 is 1.60 bits per heavy atom. The first-order valence-corrected chi connectivity index (χ1v) is 10.5. The minimum atomic E-state index is -0.0831. The number of hydrogen-bond acceptors (Lipinski definition) is 4. The van der Waals surface area contributed by atoms with Gasteiger partial charge >= 0.3 is 0 Å². The predicted octanol–water partition coefficient (Wildman–Crippen LogP) is 2.72. The summed E-state index contributed by atoms with van der Waals surface area (Å²) in [5.74, 6) is 1.18. The maximum Gasteiger partial charge on any atom is 0.257 e. The molecule has 0 unspecified atom stereocenters. The molecule has 2 aromatic carbocycles. The van der Waals surface area contributed by atoms with E-state index in [-0.39, 0.29) is 11.8 Å². The number of amides is 2. The lowest BCUT2D eigenvalue weighted by Crippen LogP contribution is -2.51. The lowest BCUT2D eigenvalue weighted by Gasteiger charge is -2.35. The number of fused-ring (bicyclic) bond motifs is 1. The molecule has 2 aliphatic rings. The average molecular weight is 408 g/mol. The highest BCUT2D eigenvalue weighted by atomic mass is 16.5. The van der Waals surface area contributed by atoms with E-state index in [9.17, 15) is 9.59 Å². The molecule has 0 saturated carbocycles. The van der Waals surface area contributed by atoms with Gasteiger partial charge in [0.2, 0.25) is 5.91 Å². The second kappa shape index (κ2) is 8.78. The zero-order valence-corrected chi connectivity index (χ0v) is 17.6. The zero-order chi connectivity index (χ0) is 21.1. The van der Waals surface area contributed by atoms with Gasteiger partial charge in [0.25, 0.3) is 5.91 Å². The van der Waals surface area contributed by atoms with Crippen molar-refractivity contribution in [3.8, 4) is 11.5 Å². The molecule has 1 aliphatic heterocycles. The highest BCUT2D eigenvalue weighted by molar-refractivity contribution is 5.97. The summed E-state index contributed by atoms with van der Waals surface area (Å²) in [6, 6.07) is 11.6. The molecule has 1 heterocycles. The molecule has 6 heteroatoms. The molecule has 0 spiro atoms. The van der Waals surface area contributed by atoms with Crippen molar-refractivity contribution in [2.75, 3.05) is 40.4 Å². The van der Waals surface area contributed by atoms with Crippen LogP contribution in [0.15, 0.2) is 36.4 Å². The van der Waals surface area contributed by atoms with Crippen LogP contribution < -0.4 is 9.47 Å². The highest BCUT2D eigenvalue weighted by Gasteiger charge is 2.27. The molecule has 0 N–H and O–H groups in total. The number of methoxy groups -OCH3 is 2. The van der Waals surface area contributed by atoms with Crippen molar-refractivity contribution in [3.63, 3.8) is 0 Å². The highest BCUT2D eigenvalue weighted by Crippen LogP contribution is 2.26. The lowest BCUT2D eigenvalue weighted by atomic mass is 10.0. The van der Waals surface area contributed by atoms with Crippen LogP contribution >= 0.6 is 0 Å². The Morgan fingerprint density at radius 3 is 2.33 bits per heavy atom. The summed E-state index contributed by atoms with van der Waals surface area (Å²) in [5.41, 5.74) is 4.41. The van der Waals surface area contributed by atoms with E-state index >= 15 is 0 Å². The zero-order valence-electron chi connectivity index (χ0n) is 17.6. The number of ether oxygens (including phenoxy) is 2. The molecule has 2 aromatic rings. The summed E-state index contributed by atoms with van der Waals surface area (Å²) < 4.78 is 10.6. The molecule has 0 aromatic heterocycles. The first-order valence-electron chi connectivity index (χ1n) is 10.5. The Hall–Kier alpha value is -3.02. The summed E-state index contributed by atoms with van der Waals surface area (Å²) in [4.78, 5) is 29.4. The fourth-order valence-electron chi connectivity index (χ4n) is 4.33. The lowest BCUT2D eigenvalue weighted by molar-refractivity contribution is -0.131. The van der Waals surface area contributed by atoms with E-state index in [4.69, 9.17) is 9.47 Å². The van der Waals surface area contributed by atoms with Crippen LogP contribution in [0.3, 0.4) is 0 Å². The molecular formula is C24H28N2O4. The Morgan fingerprint density at radius 1 is 0.867 bits per heavy atom. The third-order valence-electron chi connectivity index (χ3n) is 6.08. The monoisotopic (exact) mass is 408 g/mol. The van der Waals surface area contributed by atoms with Crippen molar-refractivity contribution in [1.82, 2.24) is 9.80 Å². The number of carbonyl (C=O) groups excluding carboxylic acids is 2. The fraction of sp³-hybridized carbons (Fsp3) is 0.417. The van der Waals surface area contributed by atoms with Crippen molar-refractivity contribution in [2.24, 2.45) is 0 Å². The van der Waals surface area contributed by atoms with Crippen LogP contribution in [-0.4, -0.2) is 62.0 Å². The quantitative estimate of drug-likeness (QED) is 0.763. The first kappa shape index (κ1) is 20.3. The van der Waals surface area contributed by atoms with Gasteiger partial charge in [-0.3, -0.25) is 9.59 Å². The standard InChI is InChI=1S/C24H28N2O4/c1-29-20-8-9-21(22(16-20)30-2)24(28)26-12-10-25(11-13-26)23(27)15-17-6-7-18-4-3-5-19(18)14-17/h6-9,14,16H,3-5,10-13,15H2,1-2H3. The molecule has 1 fully saturated rings. The third kappa shape index (κ3) is 4.13. The fourth-order valence-corrected chi connectivity index (χ4v) is 4.33. The van der Waals surface area contributed by atoms with Gasteiger partial charge in [0.15, 0.2) is 0 Å². The van der Waals surface area contributed by atoms with E-state index in [1.54, 1.807) is 37.3 Å². The van der Waals surface area contributed by atoms with Crippen molar-refractivity contribution < 1.29 is 19.1 Å². The van der Waals surface area contributed by atoms with Crippen molar-refractivity contribution in [2.45, 2.75) is 25.7 Å². The Balaban J connectivity index is 1.35. The number of nitrogens with zero attached hydrogens (tertiary/aromatic N) is 2. The minimum Gasteiger partial charge on any atom is -0.497 e. The second-order valence-electron chi connectivity index (χ2n) is 7.87. The minimum absolute atomic E-state index is 0.0831. The molecule has 2 amide bonds. The molecular weight excluding hydrogens is 380 g/mol. The van der Waals surface area contributed by atoms with E-state index in [1.165, 1.54) is 17.5 Å². The van der Waals surface area contributed by atoms with E-state index in [0.29, 0.717) is 49.7 Å². The second-order valence-corrected chi connectivity index (χ2v) is 7.87. The van der Waals surface area contributed by atoms with Gasteiger partial charge in [-0.15, -0.1) is 0 Å². The number of benzene rings is 2. The van der Waals surface area contributed by atoms with Gasteiger partial charge in [-0.1, -0.05) is 18.2 Å². The van der Waals surface area contributed by atoms with Gasteiger partial charge in [-0.2, -0.15) is 0 Å². The number of aryl methyl sites for hydroxylation is 2. The molecule has 158 valence electrons. The molecule has 4 rings (SSSR count). The van der Waals surface area contributed by atoms with Crippen LogP contribution in [-0.2, 0) is 24.1 Å². The number of hydrogen-bond donors (Lipinski definition) is 0. The topological polar surface area (TPSA) is 59.1 Å². The third-order valence-corrected chi connectivity index (χ3v) is 6.08. The van der Waals surface area contributed by atoms with Crippen LogP contribution in [0.4, 0.5) is 0 Å². The van der Waals surface area contributed by atoms with Crippen LogP contribution in [0.1, 0.15) is 33.5 Å². The molecule has 1 saturated heterocycles. The summed E-state index contributed by atoms with van der Waals surface area (Å²) in [5, 5.41) is 0. The maximum atomic E-state index is 13.0. The predicted molar refractivity (Wildman–Crippen MR) is 114 cm³/mol. The molecule has 30 heavy (non-hydrogen) atoms. The number of rotatable bonds is 5. The Kier molecular flexibility index (Phi) is 5.93. The average Bonchev–Trinajstić information content (AvgIpc) is 3.26. The van der Waals surface area contributed by atoms with Crippen LogP contribution in [0.5, 0.6) is 11.5 Å². The van der Waals surface area contributed by atoms with E-state index in [1.807, 2.05) is 4.90 Å². The largest absolute Gasteiger partial charge is 0.497 e. The Bertz CT molecular complexity index is 948. The molecule has 1 aliphatic carbocycles. The SMILES string of the molecule is COc1ccc(C(=O)N2CCN(C(=O)Cc3ccc4c(c3)CCC4)CC2)c(OC)c1. The van der Waals surface area contributed by atoms with Gasteiger partial charge in [0.05, 0.1) is 26.2 Å². The van der Waals surface area contributed by atoms with Crippen molar-refractivity contribution >= 4 is 11.8 Å². The van der Waals surface area contributed by atoms with Crippen molar-refractivity contribution in [3.05, 3.63) is 58.7 Å². The van der Waals surface area contributed by atoms with Crippen LogP contribution in [0, 0.1) is 0 Å². The first-order chi connectivity index (χ1) is 14.6. The summed E-state index contributed by atoms with van der Waals surface area (Å²) in [6.07, 6.45) is 3.90. The van der Waals surface area contributed by atoms with Gasteiger partial charge in [0.1, 0.15) is 11.5 Å². The number of piperazine rings is 1. The summed E-state index contributed by atoms with van der Waals surface area (Å²) in [7, 11) is 3.12. The summed E-state index contributed by atoms with van der Waals surface area (Å²) >= 11 is 0. The van der Waals surface area contributed by atoms with Gasteiger partial charge < -0.3 is 19.3 Å². The van der Waals surface area contributed by atoms with Gasteiger partial charge in [-0.25, -0.2) is 0 Å². The maximum absolute atomic E-state index is 13.0. The van der Waals surface area contributed by atoms with E-state index in [0.717, 1.165) is 18.4 Å². The smallest absolute Gasteiger partial charge is 0.257 e. The summed E-state index contributed by atoms with van der Waals surface area (Å²) in [6.45, 7) is 2.13. The molecule has 0 atom stereocenters. The Labute approximate surface area is 177 Å². The van der Waals surface area contributed by atoms with E-state index in [2.05, 4.69) is 18.2 Å². The van der Waals surface area contributed by atoms with Gasteiger partial charge in [0, 0.05) is 32.2 Å². The van der Waals surface area contributed by atoms with Crippen molar-refractivity contribution in [1.29, 1.82) is 0 Å². The number of carbonyl (C=O) groups is 2. The molecule has 6 nitrogen and oxygen atoms in total. The molecule has 0 radical (unpaired) electrons. The molecule has 0 bridgehead atoms. The van der Waals surface area contributed by atoms with E-state index < -0.39 is 0 Å². The normalized spacial score (nSPS) is 15.7. The van der Waals surface area contributed by atoms with Gasteiger partial charge in [-0.05, 0) is 48.1 Å². The van der Waals surface area contributed by atoms with Crippen LogP contribution in [0.2, 0.25) is 0 Å². The van der Waals surface area contributed by atoms with Crippen LogP contribution in [0.25, 0.3) is 0 Å².